The third-order valence-corrected chi connectivity index (χ3v) is 5.38. The predicted octanol–water partition coefficient (Wildman–Crippen LogP) is 4.42. The van der Waals surface area contributed by atoms with Crippen LogP contribution in [0.2, 0.25) is 10.0 Å². The number of sulfonamides is 1. The number of hydrogen-bond donors (Lipinski definition) is 1. The van der Waals surface area contributed by atoms with Crippen LogP contribution >= 0.6 is 23.2 Å². The van der Waals surface area contributed by atoms with Gasteiger partial charge in [0.25, 0.3) is 10.0 Å². The van der Waals surface area contributed by atoms with Crippen LogP contribution in [0.25, 0.3) is 0 Å². The molecule has 0 amide bonds. The number of methoxy groups -OCH3 is 1. The molecule has 0 aliphatic carbocycles. The van der Waals surface area contributed by atoms with Gasteiger partial charge in [-0.1, -0.05) is 23.2 Å². The summed E-state index contributed by atoms with van der Waals surface area (Å²) in [6.07, 6.45) is 0. The van der Waals surface area contributed by atoms with Crippen LogP contribution in [0.5, 0.6) is 5.75 Å². The minimum absolute atomic E-state index is 0.182. The maximum absolute atomic E-state index is 12.5. The van der Waals surface area contributed by atoms with E-state index in [1.165, 1.54) is 13.2 Å². The molecule has 0 unspecified atom stereocenters. The lowest BCUT2D eigenvalue weighted by Gasteiger charge is -2.13. The Morgan fingerprint density at radius 3 is 2.27 bits per heavy atom. The highest BCUT2D eigenvalue weighted by Gasteiger charge is 2.19. The Balaban J connectivity index is 2.40. The summed E-state index contributed by atoms with van der Waals surface area (Å²) < 4.78 is 32.6. The SMILES string of the molecule is COc1ccc(NS(=O)(=O)c2cc(C)c(Cl)cc2C)cc1Cl. The van der Waals surface area contributed by atoms with Crippen molar-refractivity contribution in [2.75, 3.05) is 11.8 Å². The van der Waals surface area contributed by atoms with E-state index in [-0.39, 0.29) is 4.90 Å². The Kier molecular flexibility index (Phi) is 4.90. The Labute approximate surface area is 140 Å². The maximum Gasteiger partial charge on any atom is 0.262 e. The van der Waals surface area contributed by atoms with Gasteiger partial charge in [0.15, 0.2) is 0 Å². The zero-order chi connectivity index (χ0) is 16.5. The molecule has 0 bridgehead atoms. The van der Waals surface area contributed by atoms with Gasteiger partial charge in [-0.3, -0.25) is 4.72 Å². The monoisotopic (exact) mass is 359 g/mol. The average molecular weight is 360 g/mol. The molecule has 0 fully saturated rings. The lowest BCUT2D eigenvalue weighted by molar-refractivity contribution is 0.415. The van der Waals surface area contributed by atoms with Crippen LogP contribution in [0.1, 0.15) is 11.1 Å². The first kappa shape index (κ1) is 16.9. The fourth-order valence-corrected chi connectivity index (χ4v) is 3.82. The number of anilines is 1. The number of halogens is 2. The molecule has 0 radical (unpaired) electrons. The molecule has 2 aromatic rings. The number of hydrogen-bond acceptors (Lipinski definition) is 3. The number of rotatable bonds is 4. The zero-order valence-corrected chi connectivity index (χ0v) is 14.6. The van der Waals surface area contributed by atoms with Crippen LogP contribution in [0, 0.1) is 13.8 Å². The van der Waals surface area contributed by atoms with Crippen molar-refractivity contribution in [2.45, 2.75) is 18.7 Å². The van der Waals surface area contributed by atoms with Crippen LogP contribution in [-0.2, 0) is 10.0 Å². The topological polar surface area (TPSA) is 55.4 Å². The van der Waals surface area contributed by atoms with Gasteiger partial charge < -0.3 is 4.74 Å². The fraction of sp³-hybridized carbons (Fsp3) is 0.200. The lowest BCUT2D eigenvalue weighted by atomic mass is 10.2. The molecule has 4 nitrogen and oxygen atoms in total. The van der Waals surface area contributed by atoms with Gasteiger partial charge in [-0.15, -0.1) is 0 Å². The summed E-state index contributed by atoms with van der Waals surface area (Å²) in [5, 5.41) is 0.857. The van der Waals surface area contributed by atoms with Gasteiger partial charge in [0.05, 0.1) is 22.7 Å². The van der Waals surface area contributed by atoms with Crippen LogP contribution in [0.4, 0.5) is 5.69 Å². The van der Waals surface area contributed by atoms with Crippen molar-refractivity contribution in [3.8, 4) is 5.75 Å². The van der Waals surface area contributed by atoms with Crippen molar-refractivity contribution in [1.29, 1.82) is 0 Å². The van der Waals surface area contributed by atoms with Crippen LogP contribution < -0.4 is 9.46 Å². The molecule has 0 aliphatic heterocycles. The van der Waals surface area contributed by atoms with Crippen LogP contribution in [0.15, 0.2) is 35.2 Å². The van der Waals surface area contributed by atoms with E-state index < -0.39 is 10.0 Å². The van der Waals surface area contributed by atoms with Gasteiger partial charge in [-0.05, 0) is 55.3 Å². The molecule has 7 heteroatoms. The van der Waals surface area contributed by atoms with Gasteiger partial charge in [-0.25, -0.2) is 8.42 Å². The zero-order valence-electron chi connectivity index (χ0n) is 12.3. The summed E-state index contributed by atoms with van der Waals surface area (Å²) >= 11 is 12.0. The van der Waals surface area contributed by atoms with E-state index in [0.29, 0.717) is 32.6 Å². The predicted molar refractivity (Wildman–Crippen MR) is 89.7 cm³/mol. The molecule has 0 spiro atoms. The Morgan fingerprint density at radius 1 is 1.00 bits per heavy atom. The average Bonchev–Trinajstić information content (AvgIpc) is 2.42. The van der Waals surface area contributed by atoms with Gasteiger partial charge in [0, 0.05) is 5.02 Å². The molecule has 118 valence electrons. The minimum Gasteiger partial charge on any atom is -0.495 e. The summed E-state index contributed by atoms with van der Waals surface area (Å²) in [6.45, 7) is 3.45. The summed E-state index contributed by atoms with van der Waals surface area (Å²) in [5.41, 5.74) is 1.63. The van der Waals surface area contributed by atoms with Crippen LogP contribution in [0.3, 0.4) is 0 Å². The first-order valence-electron chi connectivity index (χ1n) is 6.37. The highest BCUT2D eigenvalue weighted by Crippen LogP contribution is 2.30. The van der Waals surface area contributed by atoms with Gasteiger partial charge in [-0.2, -0.15) is 0 Å². The largest absolute Gasteiger partial charge is 0.495 e. The Morgan fingerprint density at radius 2 is 1.68 bits per heavy atom. The number of benzene rings is 2. The fourth-order valence-electron chi connectivity index (χ4n) is 1.98. The second-order valence-corrected chi connectivity index (χ2v) is 7.29. The number of ether oxygens (including phenoxy) is 1. The van der Waals surface area contributed by atoms with Gasteiger partial charge >= 0.3 is 0 Å². The molecule has 2 rings (SSSR count). The Bertz CT molecular complexity index is 820. The van der Waals surface area contributed by atoms with E-state index in [9.17, 15) is 8.42 Å². The molecule has 0 aromatic heterocycles. The van der Waals surface area contributed by atoms with Crippen molar-refractivity contribution < 1.29 is 13.2 Å². The number of aryl methyl sites for hydroxylation is 2. The molecule has 1 N–H and O–H groups in total. The molecule has 0 atom stereocenters. The lowest BCUT2D eigenvalue weighted by Crippen LogP contribution is -2.14. The molecule has 0 saturated carbocycles. The standard InChI is InChI=1S/C15H15Cl2NO3S/c1-9-7-15(10(2)6-12(9)16)22(19,20)18-11-4-5-14(21-3)13(17)8-11/h4-8,18H,1-3H3. The molecule has 2 aromatic carbocycles. The quantitative estimate of drug-likeness (QED) is 0.878. The summed E-state index contributed by atoms with van der Waals surface area (Å²) in [6, 6.07) is 7.86. The molecular formula is C15H15Cl2NO3S. The van der Waals surface area contributed by atoms with E-state index in [2.05, 4.69) is 4.72 Å². The summed E-state index contributed by atoms with van der Waals surface area (Å²) in [5.74, 6) is 0.475. The number of nitrogens with one attached hydrogen (secondary N) is 1. The summed E-state index contributed by atoms with van der Waals surface area (Å²) in [7, 11) is -2.24. The molecule has 0 aliphatic rings. The van der Waals surface area contributed by atoms with E-state index in [0.717, 1.165) is 0 Å². The second kappa shape index (κ2) is 6.36. The molecule has 0 heterocycles. The maximum atomic E-state index is 12.5. The van der Waals surface area contributed by atoms with Gasteiger partial charge in [0.2, 0.25) is 0 Å². The van der Waals surface area contributed by atoms with Crippen molar-refractivity contribution in [3.63, 3.8) is 0 Å². The molecule has 0 saturated heterocycles. The summed E-state index contributed by atoms with van der Waals surface area (Å²) in [4.78, 5) is 0.182. The normalized spacial score (nSPS) is 11.3. The van der Waals surface area contributed by atoms with Crippen molar-refractivity contribution in [1.82, 2.24) is 0 Å². The van der Waals surface area contributed by atoms with E-state index in [1.54, 1.807) is 38.1 Å². The highest BCUT2D eigenvalue weighted by atomic mass is 35.5. The van der Waals surface area contributed by atoms with Crippen molar-refractivity contribution in [3.05, 3.63) is 51.5 Å². The Hall–Kier alpha value is -1.43. The third kappa shape index (κ3) is 3.48. The van der Waals surface area contributed by atoms with Crippen LogP contribution in [-0.4, -0.2) is 15.5 Å². The second-order valence-electron chi connectivity index (χ2n) is 4.82. The highest BCUT2D eigenvalue weighted by molar-refractivity contribution is 7.92. The molecular weight excluding hydrogens is 345 g/mol. The van der Waals surface area contributed by atoms with E-state index in [1.807, 2.05) is 0 Å². The van der Waals surface area contributed by atoms with Gasteiger partial charge in [0.1, 0.15) is 5.75 Å². The molecule has 22 heavy (non-hydrogen) atoms. The van der Waals surface area contributed by atoms with E-state index >= 15 is 0 Å². The van der Waals surface area contributed by atoms with E-state index in [4.69, 9.17) is 27.9 Å². The third-order valence-electron chi connectivity index (χ3n) is 3.15. The van der Waals surface area contributed by atoms with Crippen molar-refractivity contribution >= 4 is 38.9 Å². The minimum atomic E-state index is -3.73. The smallest absolute Gasteiger partial charge is 0.262 e. The first-order chi connectivity index (χ1) is 10.2. The first-order valence-corrected chi connectivity index (χ1v) is 8.61. The van der Waals surface area contributed by atoms with Crippen molar-refractivity contribution in [2.24, 2.45) is 0 Å².